The predicted octanol–water partition coefficient (Wildman–Crippen LogP) is 3.79. The number of rotatable bonds is 3. The lowest BCUT2D eigenvalue weighted by Gasteiger charge is -2.12. The zero-order chi connectivity index (χ0) is 13.3. The molecule has 96 valence electrons. The Labute approximate surface area is 104 Å². The van der Waals surface area contributed by atoms with E-state index in [1.807, 2.05) is 31.5 Å². The summed E-state index contributed by atoms with van der Waals surface area (Å²) in [6, 6.07) is 3.52. The van der Waals surface area contributed by atoms with Crippen molar-refractivity contribution >= 4 is 11.6 Å². The molecule has 1 N–H and O–H groups in total. The van der Waals surface area contributed by atoms with E-state index in [0.717, 1.165) is 11.8 Å². The maximum atomic E-state index is 13.1. The first-order valence-corrected chi connectivity index (χ1v) is 5.74. The molecule has 2 rings (SSSR count). The number of aromatic nitrogens is 2. The second-order valence-corrected chi connectivity index (χ2v) is 4.49. The molecule has 18 heavy (non-hydrogen) atoms. The Kier molecular flexibility index (Phi) is 3.32. The normalized spacial score (nSPS) is 11.0. The predicted molar refractivity (Wildman–Crippen MR) is 67.0 cm³/mol. The smallest absolute Gasteiger partial charge is 0.207 e. The van der Waals surface area contributed by atoms with E-state index in [-0.39, 0.29) is 6.04 Å². The first-order chi connectivity index (χ1) is 8.45. The summed E-state index contributed by atoms with van der Waals surface area (Å²) in [5, 5.41) is 2.93. The molecule has 0 spiro atoms. The second kappa shape index (κ2) is 4.76. The van der Waals surface area contributed by atoms with Crippen LogP contribution in [0, 0.1) is 18.6 Å². The SMILES string of the molecule is Cc1cn(C(C)C)c(Nc2cc(F)cc(F)c2)n1. The number of nitrogens with zero attached hydrogens (tertiary/aromatic N) is 2. The van der Waals surface area contributed by atoms with E-state index in [1.54, 1.807) is 0 Å². The van der Waals surface area contributed by atoms with E-state index in [4.69, 9.17) is 0 Å². The van der Waals surface area contributed by atoms with Crippen molar-refractivity contribution in [2.75, 3.05) is 5.32 Å². The van der Waals surface area contributed by atoms with Gasteiger partial charge in [-0.2, -0.15) is 0 Å². The summed E-state index contributed by atoms with van der Waals surface area (Å²) >= 11 is 0. The number of hydrogen-bond acceptors (Lipinski definition) is 2. The minimum atomic E-state index is -0.614. The minimum absolute atomic E-state index is 0.215. The van der Waals surface area contributed by atoms with Gasteiger partial charge in [0.2, 0.25) is 5.95 Å². The Balaban J connectivity index is 2.33. The molecule has 0 aliphatic carbocycles. The lowest BCUT2D eigenvalue weighted by molar-refractivity contribution is 0.584. The first-order valence-electron chi connectivity index (χ1n) is 5.74. The largest absolute Gasteiger partial charge is 0.325 e. The summed E-state index contributed by atoms with van der Waals surface area (Å²) < 4.78 is 28.1. The third-order valence-corrected chi connectivity index (χ3v) is 2.53. The average Bonchev–Trinajstić information content (AvgIpc) is 2.57. The molecule has 2 aromatic rings. The van der Waals surface area contributed by atoms with Crippen LogP contribution < -0.4 is 5.32 Å². The Hall–Kier alpha value is -1.91. The van der Waals surface area contributed by atoms with E-state index in [0.29, 0.717) is 11.6 Å². The number of benzene rings is 1. The molecule has 0 fully saturated rings. The van der Waals surface area contributed by atoms with Crippen LogP contribution in [-0.4, -0.2) is 9.55 Å². The van der Waals surface area contributed by atoms with E-state index in [2.05, 4.69) is 10.3 Å². The van der Waals surface area contributed by atoms with Crippen molar-refractivity contribution in [2.45, 2.75) is 26.8 Å². The highest BCUT2D eigenvalue weighted by atomic mass is 19.1. The lowest BCUT2D eigenvalue weighted by atomic mass is 10.3. The third kappa shape index (κ3) is 2.67. The Morgan fingerprint density at radius 1 is 1.17 bits per heavy atom. The van der Waals surface area contributed by atoms with Gasteiger partial charge in [-0.25, -0.2) is 13.8 Å². The molecule has 0 bridgehead atoms. The lowest BCUT2D eigenvalue weighted by Crippen LogP contribution is -2.05. The van der Waals surface area contributed by atoms with Crippen molar-refractivity contribution < 1.29 is 8.78 Å². The van der Waals surface area contributed by atoms with Gasteiger partial charge in [0, 0.05) is 24.0 Å². The van der Waals surface area contributed by atoms with E-state index in [1.165, 1.54) is 12.1 Å². The van der Waals surface area contributed by atoms with Crippen LogP contribution in [0.4, 0.5) is 20.4 Å². The summed E-state index contributed by atoms with van der Waals surface area (Å²) in [4.78, 5) is 4.29. The second-order valence-electron chi connectivity index (χ2n) is 4.49. The molecule has 0 aliphatic rings. The molecular formula is C13H15F2N3. The van der Waals surface area contributed by atoms with E-state index < -0.39 is 11.6 Å². The van der Waals surface area contributed by atoms with Gasteiger partial charge in [0.1, 0.15) is 11.6 Å². The van der Waals surface area contributed by atoms with Crippen LogP contribution in [-0.2, 0) is 0 Å². The van der Waals surface area contributed by atoms with Crippen molar-refractivity contribution in [1.29, 1.82) is 0 Å². The van der Waals surface area contributed by atoms with E-state index >= 15 is 0 Å². The number of hydrogen-bond donors (Lipinski definition) is 1. The van der Waals surface area contributed by atoms with Crippen molar-refractivity contribution in [3.8, 4) is 0 Å². The monoisotopic (exact) mass is 251 g/mol. The van der Waals surface area contributed by atoms with Gasteiger partial charge in [-0.05, 0) is 32.9 Å². The summed E-state index contributed by atoms with van der Waals surface area (Å²) in [6.07, 6.45) is 1.89. The highest BCUT2D eigenvalue weighted by Crippen LogP contribution is 2.21. The molecule has 5 heteroatoms. The van der Waals surface area contributed by atoms with Crippen LogP contribution in [0.25, 0.3) is 0 Å². The van der Waals surface area contributed by atoms with Gasteiger partial charge in [0.25, 0.3) is 0 Å². The summed E-state index contributed by atoms with van der Waals surface area (Å²) in [6.45, 7) is 5.90. The molecule has 0 amide bonds. The fourth-order valence-electron chi connectivity index (χ4n) is 1.76. The fraction of sp³-hybridized carbons (Fsp3) is 0.308. The third-order valence-electron chi connectivity index (χ3n) is 2.53. The molecule has 0 atom stereocenters. The number of aryl methyl sites for hydroxylation is 1. The van der Waals surface area contributed by atoms with Crippen LogP contribution in [0.5, 0.6) is 0 Å². The summed E-state index contributed by atoms with van der Waals surface area (Å²) in [7, 11) is 0. The number of imidazole rings is 1. The maximum Gasteiger partial charge on any atom is 0.207 e. The molecular weight excluding hydrogens is 236 g/mol. The standard InChI is InChI=1S/C13H15F2N3/c1-8(2)18-7-9(3)16-13(18)17-12-5-10(14)4-11(15)6-12/h4-8H,1-3H3,(H,16,17). The van der Waals surface area contributed by atoms with Crippen LogP contribution >= 0.6 is 0 Å². The zero-order valence-corrected chi connectivity index (χ0v) is 10.5. The molecule has 0 radical (unpaired) electrons. The Morgan fingerprint density at radius 3 is 2.33 bits per heavy atom. The Morgan fingerprint density at radius 2 is 1.78 bits per heavy atom. The summed E-state index contributed by atoms with van der Waals surface area (Å²) in [5.74, 6) is -0.652. The van der Waals surface area contributed by atoms with Crippen molar-refractivity contribution in [1.82, 2.24) is 9.55 Å². The molecule has 1 aromatic carbocycles. The highest BCUT2D eigenvalue weighted by Gasteiger charge is 2.09. The van der Waals surface area contributed by atoms with Crippen molar-refractivity contribution in [2.24, 2.45) is 0 Å². The van der Waals surface area contributed by atoms with Crippen LogP contribution in [0.1, 0.15) is 25.6 Å². The number of halogens is 2. The van der Waals surface area contributed by atoms with Crippen LogP contribution in [0.15, 0.2) is 24.4 Å². The minimum Gasteiger partial charge on any atom is -0.325 e. The molecule has 0 aliphatic heterocycles. The molecule has 3 nitrogen and oxygen atoms in total. The maximum absolute atomic E-state index is 13.1. The topological polar surface area (TPSA) is 29.9 Å². The highest BCUT2D eigenvalue weighted by molar-refractivity contribution is 5.54. The quantitative estimate of drug-likeness (QED) is 0.899. The van der Waals surface area contributed by atoms with Gasteiger partial charge < -0.3 is 9.88 Å². The molecule has 1 heterocycles. The molecule has 0 unspecified atom stereocenters. The van der Waals surface area contributed by atoms with E-state index in [9.17, 15) is 8.78 Å². The summed E-state index contributed by atoms with van der Waals surface area (Å²) in [5.41, 5.74) is 1.20. The van der Waals surface area contributed by atoms with Crippen molar-refractivity contribution in [3.63, 3.8) is 0 Å². The van der Waals surface area contributed by atoms with Gasteiger partial charge in [-0.15, -0.1) is 0 Å². The van der Waals surface area contributed by atoms with Crippen LogP contribution in [0.2, 0.25) is 0 Å². The fourth-order valence-corrected chi connectivity index (χ4v) is 1.76. The van der Waals surface area contributed by atoms with Crippen LogP contribution in [0.3, 0.4) is 0 Å². The molecule has 0 saturated carbocycles. The van der Waals surface area contributed by atoms with Gasteiger partial charge >= 0.3 is 0 Å². The average molecular weight is 251 g/mol. The van der Waals surface area contributed by atoms with Gasteiger partial charge in [0.05, 0.1) is 5.69 Å². The zero-order valence-electron chi connectivity index (χ0n) is 10.5. The number of nitrogens with one attached hydrogen (secondary N) is 1. The van der Waals surface area contributed by atoms with Crippen molar-refractivity contribution in [3.05, 3.63) is 41.7 Å². The molecule has 0 saturated heterocycles. The van der Waals surface area contributed by atoms with Gasteiger partial charge in [-0.3, -0.25) is 0 Å². The number of anilines is 2. The Bertz CT molecular complexity index is 541. The van der Waals surface area contributed by atoms with Gasteiger partial charge in [-0.1, -0.05) is 0 Å². The molecule has 1 aromatic heterocycles. The van der Waals surface area contributed by atoms with Gasteiger partial charge in [0.15, 0.2) is 0 Å². The first kappa shape index (κ1) is 12.5.